The van der Waals surface area contributed by atoms with Gasteiger partial charge in [0.05, 0.1) is 6.04 Å². The van der Waals surface area contributed by atoms with E-state index >= 15 is 0 Å². The highest BCUT2D eigenvalue weighted by Crippen LogP contribution is 2.22. The molecule has 0 aromatic heterocycles. The Balaban J connectivity index is 0.00000289. The van der Waals surface area contributed by atoms with Crippen molar-refractivity contribution in [3.05, 3.63) is 34.9 Å². The van der Waals surface area contributed by atoms with Crippen molar-refractivity contribution in [2.24, 2.45) is 5.92 Å². The van der Waals surface area contributed by atoms with Gasteiger partial charge in [-0.15, -0.1) is 12.4 Å². The van der Waals surface area contributed by atoms with E-state index in [2.05, 4.69) is 10.6 Å². The van der Waals surface area contributed by atoms with Gasteiger partial charge in [-0.25, -0.2) is 0 Å². The number of rotatable bonds is 5. The van der Waals surface area contributed by atoms with Crippen molar-refractivity contribution in [2.75, 3.05) is 13.6 Å². The Morgan fingerprint density at radius 1 is 1.33 bits per heavy atom. The monoisotopic (exact) mass is 290 g/mol. The third-order valence-electron chi connectivity index (χ3n) is 2.69. The molecule has 0 aliphatic heterocycles. The van der Waals surface area contributed by atoms with Crippen LogP contribution in [0, 0.1) is 5.92 Å². The Labute approximate surface area is 120 Å². The minimum absolute atomic E-state index is 0. The van der Waals surface area contributed by atoms with E-state index in [1.54, 1.807) is 0 Å². The molecule has 2 unspecified atom stereocenters. The maximum atomic E-state index is 11.8. The van der Waals surface area contributed by atoms with Crippen LogP contribution in [0.15, 0.2) is 24.3 Å². The van der Waals surface area contributed by atoms with E-state index in [0.717, 1.165) is 5.56 Å². The lowest BCUT2D eigenvalue weighted by atomic mass is 10.1. The highest BCUT2D eigenvalue weighted by Gasteiger charge is 2.16. The van der Waals surface area contributed by atoms with E-state index in [0.29, 0.717) is 11.6 Å². The molecule has 0 heterocycles. The van der Waals surface area contributed by atoms with Gasteiger partial charge in [0.15, 0.2) is 0 Å². The van der Waals surface area contributed by atoms with Crippen LogP contribution in [0.4, 0.5) is 0 Å². The largest absolute Gasteiger partial charge is 0.349 e. The third-order valence-corrected chi connectivity index (χ3v) is 3.03. The second kappa shape index (κ2) is 8.35. The molecule has 0 aliphatic carbocycles. The summed E-state index contributed by atoms with van der Waals surface area (Å²) in [6, 6.07) is 7.48. The Morgan fingerprint density at radius 3 is 2.50 bits per heavy atom. The summed E-state index contributed by atoms with van der Waals surface area (Å²) < 4.78 is 0. The molecule has 0 spiro atoms. The van der Waals surface area contributed by atoms with Crippen LogP contribution in [-0.2, 0) is 4.79 Å². The fourth-order valence-electron chi connectivity index (χ4n) is 1.66. The molecule has 2 N–H and O–H groups in total. The van der Waals surface area contributed by atoms with Crippen LogP contribution in [0.3, 0.4) is 0 Å². The molecule has 0 bridgehead atoms. The number of hydrogen-bond acceptors (Lipinski definition) is 2. The van der Waals surface area contributed by atoms with E-state index in [4.69, 9.17) is 11.6 Å². The Bertz CT molecular complexity index is 385. The van der Waals surface area contributed by atoms with Crippen LogP contribution in [-0.4, -0.2) is 19.5 Å². The molecule has 1 amide bonds. The standard InChI is InChI=1S/C13H19ClN2O.ClH/c1-9(8-15-3)13(17)16-10(2)11-6-4-5-7-12(11)14;/h4-7,9-10,15H,8H2,1-3H3,(H,16,17);1H. The summed E-state index contributed by atoms with van der Waals surface area (Å²) in [5, 5.41) is 6.63. The SMILES string of the molecule is CNCC(C)C(=O)NC(C)c1ccccc1Cl.Cl. The summed E-state index contributed by atoms with van der Waals surface area (Å²) in [4.78, 5) is 11.8. The van der Waals surface area contributed by atoms with Crippen LogP contribution in [0.25, 0.3) is 0 Å². The molecule has 0 saturated heterocycles. The first kappa shape index (κ1) is 17.2. The Hall–Kier alpha value is -0.770. The molecule has 0 radical (unpaired) electrons. The molecule has 1 rings (SSSR count). The van der Waals surface area contributed by atoms with E-state index < -0.39 is 0 Å². The normalized spacial score (nSPS) is 13.3. The molecule has 0 aliphatic rings. The maximum absolute atomic E-state index is 11.8. The first-order valence-electron chi connectivity index (χ1n) is 5.75. The van der Waals surface area contributed by atoms with Crippen LogP contribution in [0.1, 0.15) is 25.5 Å². The van der Waals surface area contributed by atoms with Gasteiger partial charge in [-0.05, 0) is 25.6 Å². The highest BCUT2D eigenvalue weighted by molar-refractivity contribution is 6.31. The number of halogens is 2. The van der Waals surface area contributed by atoms with Crippen molar-refractivity contribution in [3.63, 3.8) is 0 Å². The molecule has 1 aromatic carbocycles. The molecule has 0 fully saturated rings. The zero-order valence-electron chi connectivity index (χ0n) is 10.9. The predicted molar refractivity (Wildman–Crippen MR) is 78.3 cm³/mol. The first-order valence-corrected chi connectivity index (χ1v) is 6.13. The average Bonchev–Trinajstić information content (AvgIpc) is 2.29. The molecule has 0 saturated carbocycles. The quantitative estimate of drug-likeness (QED) is 0.876. The summed E-state index contributed by atoms with van der Waals surface area (Å²) in [5.74, 6) is -0.0169. The van der Waals surface area contributed by atoms with Gasteiger partial charge in [-0.2, -0.15) is 0 Å². The Kier molecular flexibility index (Phi) is 8.00. The van der Waals surface area contributed by atoms with Gasteiger partial charge in [0, 0.05) is 17.5 Å². The Morgan fingerprint density at radius 2 is 1.94 bits per heavy atom. The molecule has 5 heteroatoms. The fraction of sp³-hybridized carbons (Fsp3) is 0.462. The van der Waals surface area contributed by atoms with Gasteiger partial charge in [0.1, 0.15) is 0 Å². The van der Waals surface area contributed by atoms with Gasteiger partial charge in [0.25, 0.3) is 0 Å². The summed E-state index contributed by atoms with van der Waals surface area (Å²) in [6.45, 7) is 4.50. The number of hydrogen-bond donors (Lipinski definition) is 2. The van der Waals surface area contributed by atoms with Crippen molar-refractivity contribution in [3.8, 4) is 0 Å². The van der Waals surface area contributed by atoms with E-state index in [-0.39, 0.29) is 30.3 Å². The molecule has 1 aromatic rings. The maximum Gasteiger partial charge on any atom is 0.224 e. The van der Waals surface area contributed by atoms with E-state index in [9.17, 15) is 4.79 Å². The van der Waals surface area contributed by atoms with Gasteiger partial charge in [0.2, 0.25) is 5.91 Å². The van der Waals surface area contributed by atoms with Gasteiger partial charge in [-0.1, -0.05) is 36.7 Å². The number of benzene rings is 1. The zero-order chi connectivity index (χ0) is 12.8. The highest BCUT2D eigenvalue weighted by atomic mass is 35.5. The van der Waals surface area contributed by atoms with Crippen molar-refractivity contribution in [1.29, 1.82) is 0 Å². The van der Waals surface area contributed by atoms with Crippen LogP contribution in [0.5, 0.6) is 0 Å². The number of carbonyl (C=O) groups is 1. The van der Waals surface area contributed by atoms with E-state index in [1.165, 1.54) is 0 Å². The van der Waals surface area contributed by atoms with Gasteiger partial charge in [-0.3, -0.25) is 4.79 Å². The molecule has 102 valence electrons. The number of nitrogens with one attached hydrogen (secondary N) is 2. The lowest BCUT2D eigenvalue weighted by Crippen LogP contribution is -2.35. The minimum Gasteiger partial charge on any atom is -0.349 e. The third kappa shape index (κ3) is 4.84. The van der Waals surface area contributed by atoms with Crippen molar-refractivity contribution in [2.45, 2.75) is 19.9 Å². The topological polar surface area (TPSA) is 41.1 Å². The van der Waals surface area contributed by atoms with Crippen LogP contribution in [0.2, 0.25) is 5.02 Å². The molecule has 3 nitrogen and oxygen atoms in total. The molecule has 18 heavy (non-hydrogen) atoms. The molecule has 2 atom stereocenters. The summed E-state index contributed by atoms with van der Waals surface area (Å²) in [5.41, 5.74) is 0.944. The second-order valence-corrected chi connectivity index (χ2v) is 4.62. The summed E-state index contributed by atoms with van der Waals surface area (Å²) in [6.07, 6.45) is 0. The minimum atomic E-state index is -0.0736. The summed E-state index contributed by atoms with van der Waals surface area (Å²) in [7, 11) is 1.83. The fourth-order valence-corrected chi connectivity index (χ4v) is 1.96. The molecular weight excluding hydrogens is 271 g/mol. The number of carbonyl (C=O) groups excluding carboxylic acids is 1. The first-order chi connectivity index (χ1) is 8.06. The predicted octanol–water partition coefficient (Wildman–Crippen LogP) is 2.79. The van der Waals surface area contributed by atoms with Crippen molar-refractivity contribution < 1.29 is 4.79 Å². The average molecular weight is 291 g/mol. The van der Waals surface area contributed by atoms with Crippen LogP contribution >= 0.6 is 24.0 Å². The lowest BCUT2D eigenvalue weighted by molar-refractivity contribution is -0.125. The number of amides is 1. The van der Waals surface area contributed by atoms with Crippen LogP contribution < -0.4 is 10.6 Å². The van der Waals surface area contributed by atoms with Crippen molar-refractivity contribution >= 4 is 29.9 Å². The summed E-state index contributed by atoms with van der Waals surface area (Å²) >= 11 is 6.08. The van der Waals surface area contributed by atoms with Gasteiger partial charge >= 0.3 is 0 Å². The molecular formula is C13H20Cl2N2O. The second-order valence-electron chi connectivity index (χ2n) is 4.21. The zero-order valence-corrected chi connectivity index (χ0v) is 12.4. The lowest BCUT2D eigenvalue weighted by Gasteiger charge is -2.18. The van der Waals surface area contributed by atoms with Crippen molar-refractivity contribution in [1.82, 2.24) is 10.6 Å². The van der Waals surface area contributed by atoms with Gasteiger partial charge < -0.3 is 10.6 Å². The smallest absolute Gasteiger partial charge is 0.224 e. The van der Waals surface area contributed by atoms with E-state index in [1.807, 2.05) is 45.2 Å².